The maximum Gasteiger partial charge on any atom is 0.0278 e. The summed E-state index contributed by atoms with van der Waals surface area (Å²) in [5.74, 6) is 0.463. The minimum absolute atomic E-state index is 0.463. The van der Waals surface area contributed by atoms with Crippen LogP contribution in [0.4, 0.5) is 0 Å². The second kappa shape index (κ2) is 4.10. The first-order valence-electron chi connectivity index (χ1n) is 6.68. The van der Waals surface area contributed by atoms with Crippen LogP contribution in [0.2, 0.25) is 0 Å². The Morgan fingerprint density at radius 1 is 0.789 bits per heavy atom. The molecule has 2 aliphatic carbocycles. The first-order valence-corrected chi connectivity index (χ1v) is 6.68. The summed E-state index contributed by atoms with van der Waals surface area (Å²) in [4.78, 5) is 0. The summed E-state index contributed by atoms with van der Waals surface area (Å²) >= 11 is 0. The van der Waals surface area contributed by atoms with Gasteiger partial charge in [-0.3, -0.25) is 0 Å². The van der Waals surface area contributed by atoms with Gasteiger partial charge in [-0.1, -0.05) is 72.8 Å². The molecule has 0 heteroatoms. The standard InChI is InChI=1S/C19H14/c1-2-6-14(7-3-1)15-10-11-19-17(12-15)13-16-8-4-5-9-18(16)19/h1-13,18H. The molecule has 0 aromatic heterocycles. The topological polar surface area (TPSA) is 0 Å². The van der Waals surface area contributed by atoms with Crippen LogP contribution in [0, 0.1) is 0 Å². The molecule has 0 bridgehead atoms. The van der Waals surface area contributed by atoms with Crippen molar-refractivity contribution in [2.75, 3.05) is 0 Å². The fourth-order valence-electron chi connectivity index (χ4n) is 2.95. The van der Waals surface area contributed by atoms with E-state index < -0.39 is 0 Å². The molecule has 0 radical (unpaired) electrons. The summed E-state index contributed by atoms with van der Waals surface area (Å²) in [6.07, 6.45) is 11.1. The van der Waals surface area contributed by atoms with Crippen molar-refractivity contribution < 1.29 is 0 Å². The van der Waals surface area contributed by atoms with Crippen LogP contribution in [0.5, 0.6) is 0 Å². The van der Waals surface area contributed by atoms with E-state index in [-0.39, 0.29) is 0 Å². The zero-order chi connectivity index (χ0) is 12.7. The summed E-state index contributed by atoms with van der Waals surface area (Å²) in [6, 6.07) is 17.4. The Hall–Kier alpha value is -2.34. The third-order valence-corrected chi connectivity index (χ3v) is 3.91. The van der Waals surface area contributed by atoms with Crippen LogP contribution in [0.25, 0.3) is 17.2 Å². The highest BCUT2D eigenvalue weighted by molar-refractivity contribution is 5.76. The van der Waals surface area contributed by atoms with E-state index in [9.17, 15) is 0 Å². The number of benzene rings is 2. The molecule has 0 fully saturated rings. The van der Waals surface area contributed by atoms with Gasteiger partial charge in [-0.05, 0) is 33.9 Å². The molecule has 0 nitrogen and oxygen atoms in total. The first-order chi connectivity index (χ1) is 9.42. The Kier molecular flexibility index (Phi) is 2.28. The van der Waals surface area contributed by atoms with Gasteiger partial charge in [0.1, 0.15) is 0 Å². The number of hydrogen-bond donors (Lipinski definition) is 0. The second-order valence-electron chi connectivity index (χ2n) is 5.08. The zero-order valence-corrected chi connectivity index (χ0v) is 10.6. The molecule has 0 spiro atoms. The predicted octanol–water partition coefficient (Wildman–Crippen LogP) is 4.96. The predicted molar refractivity (Wildman–Crippen MR) is 80.9 cm³/mol. The van der Waals surface area contributed by atoms with E-state index in [1.165, 1.54) is 27.8 Å². The molecule has 2 aliphatic rings. The first kappa shape index (κ1) is 10.6. The molecule has 19 heavy (non-hydrogen) atoms. The van der Waals surface area contributed by atoms with Crippen molar-refractivity contribution in [1.82, 2.24) is 0 Å². The summed E-state index contributed by atoms with van der Waals surface area (Å²) in [5, 5.41) is 0. The summed E-state index contributed by atoms with van der Waals surface area (Å²) in [7, 11) is 0. The lowest BCUT2D eigenvalue weighted by Gasteiger charge is -2.12. The summed E-state index contributed by atoms with van der Waals surface area (Å²) in [6.45, 7) is 0. The smallest absolute Gasteiger partial charge is 0.0278 e. The van der Waals surface area contributed by atoms with Crippen LogP contribution in [0.15, 0.2) is 78.4 Å². The fraction of sp³-hybridized carbons (Fsp3) is 0.0526. The van der Waals surface area contributed by atoms with Crippen LogP contribution < -0.4 is 0 Å². The van der Waals surface area contributed by atoms with Crippen LogP contribution in [-0.4, -0.2) is 0 Å². The van der Waals surface area contributed by atoms with E-state index in [1.807, 2.05) is 0 Å². The Labute approximate surface area is 113 Å². The molecule has 0 saturated carbocycles. The van der Waals surface area contributed by atoms with Gasteiger partial charge in [0, 0.05) is 5.92 Å². The van der Waals surface area contributed by atoms with Gasteiger partial charge in [0.15, 0.2) is 0 Å². The average molecular weight is 242 g/mol. The molecule has 90 valence electrons. The highest BCUT2D eigenvalue weighted by atomic mass is 14.3. The van der Waals surface area contributed by atoms with E-state index in [4.69, 9.17) is 0 Å². The SMILES string of the molecule is C1=CC2=Cc3cc(-c4ccccc4)ccc3C2C=C1. The largest absolute Gasteiger partial charge is 0.0726 e. The molecular formula is C19H14. The average Bonchev–Trinajstić information content (AvgIpc) is 2.86. The van der Waals surface area contributed by atoms with Gasteiger partial charge in [0.25, 0.3) is 0 Å². The van der Waals surface area contributed by atoms with Crippen molar-refractivity contribution in [2.45, 2.75) is 5.92 Å². The van der Waals surface area contributed by atoms with Crippen molar-refractivity contribution in [3.63, 3.8) is 0 Å². The molecule has 4 rings (SSSR count). The minimum atomic E-state index is 0.463. The summed E-state index contributed by atoms with van der Waals surface area (Å²) in [5.41, 5.74) is 6.77. The van der Waals surface area contributed by atoms with Gasteiger partial charge in [-0.25, -0.2) is 0 Å². The Bertz CT molecular complexity index is 715. The number of hydrogen-bond acceptors (Lipinski definition) is 0. The van der Waals surface area contributed by atoms with Gasteiger partial charge < -0.3 is 0 Å². The van der Waals surface area contributed by atoms with E-state index in [0.717, 1.165) is 0 Å². The number of rotatable bonds is 1. The van der Waals surface area contributed by atoms with Crippen molar-refractivity contribution in [3.8, 4) is 11.1 Å². The Morgan fingerprint density at radius 2 is 1.68 bits per heavy atom. The van der Waals surface area contributed by atoms with Gasteiger partial charge in [0.05, 0.1) is 0 Å². The monoisotopic (exact) mass is 242 g/mol. The molecule has 1 atom stereocenters. The van der Waals surface area contributed by atoms with Crippen LogP contribution in [-0.2, 0) is 0 Å². The fourth-order valence-corrected chi connectivity index (χ4v) is 2.95. The lowest BCUT2D eigenvalue weighted by molar-refractivity contribution is 1.05. The quantitative estimate of drug-likeness (QED) is 0.663. The van der Waals surface area contributed by atoms with E-state index in [0.29, 0.717) is 5.92 Å². The van der Waals surface area contributed by atoms with Crippen LogP contribution >= 0.6 is 0 Å². The highest BCUT2D eigenvalue weighted by Crippen LogP contribution is 2.40. The van der Waals surface area contributed by atoms with Crippen molar-refractivity contribution in [3.05, 3.63) is 89.5 Å². The lowest BCUT2D eigenvalue weighted by Crippen LogP contribution is -1.95. The highest BCUT2D eigenvalue weighted by Gasteiger charge is 2.22. The lowest BCUT2D eigenvalue weighted by atomic mass is 9.91. The van der Waals surface area contributed by atoms with Crippen molar-refractivity contribution in [1.29, 1.82) is 0 Å². The third kappa shape index (κ3) is 1.68. The van der Waals surface area contributed by atoms with Crippen molar-refractivity contribution >= 4 is 6.08 Å². The number of fused-ring (bicyclic) bond motifs is 3. The molecule has 2 aromatic rings. The van der Waals surface area contributed by atoms with E-state index in [2.05, 4.69) is 78.9 Å². The molecule has 2 aromatic carbocycles. The maximum atomic E-state index is 2.31. The third-order valence-electron chi connectivity index (χ3n) is 3.91. The molecule has 0 amide bonds. The molecule has 0 N–H and O–H groups in total. The molecule has 0 saturated heterocycles. The van der Waals surface area contributed by atoms with E-state index in [1.54, 1.807) is 0 Å². The van der Waals surface area contributed by atoms with Gasteiger partial charge in [-0.15, -0.1) is 0 Å². The van der Waals surface area contributed by atoms with Gasteiger partial charge in [-0.2, -0.15) is 0 Å². The van der Waals surface area contributed by atoms with E-state index >= 15 is 0 Å². The molecule has 1 unspecified atom stereocenters. The van der Waals surface area contributed by atoms with Crippen molar-refractivity contribution in [2.24, 2.45) is 0 Å². The minimum Gasteiger partial charge on any atom is -0.0726 e. The molecule has 0 heterocycles. The maximum absolute atomic E-state index is 2.31. The van der Waals surface area contributed by atoms with Crippen LogP contribution in [0.1, 0.15) is 17.0 Å². The number of allylic oxidation sites excluding steroid dienone is 5. The van der Waals surface area contributed by atoms with Gasteiger partial charge >= 0.3 is 0 Å². The second-order valence-corrected chi connectivity index (χ2v) is 5.08. The Balaban J connectivity index is 1.83. The summed E-state index contributed by atoms with van der Waals surface area (Å²) < 4.78 is 0. The Morgan fingerprint density at radius 3 is 2.58 bits per heavy atom. The normalized spacial score (nSPS) is 18.9. The van der Waals surface area contributed by atoms with Crippen LogP contribution in [0.3, 0.4) is 0 Å². The van der Waals surface area contributed by atoms with Gasteiger partial charge in [0.2, 0.25) is 0 Å². The zero-order valence-electron chi connectivity index (χ0n) is 10.6. The molecule has 0 aliphatic heterocycles. The molecular weight excluding hydrogens is 228 g/mol.